The second kappa shape index (κ2) is 4.78. The molecule has 3 rings (SSSR count). The minimum Gasteiger partial charge on any atom is -0.300 e. The summed E-state index contributed by atoms with van der Waals surface area (Å²) in [6, 6.07) is 8.51. The van der Waals surface area contributed by atoms with E-state index in [2.05, 4.69) is 57.2 Å². The Kier molecular flexibility index (Phi) is 3.28. The third-order valence-corrected chi connectivity index (χ3v) is 4.41. The van der Waals surface area contributed by atoms with Gasteiger partial charge in [0, 0.05) is 30.0 Å². The number of benzene rings is 1. The van der Waals surface area contributed by atoms with Gasteiger partial charge in [0.05, 0.1) is 12.1 Å². The van der Waals surface area contributed by atoms with E-state index in [9.17, 15) is 0 Å². The summed E-state index contributed by atoms with van der Waals surface area (Å²) >= 11 is 3.55. The molecule has 18 heavy (non-hydrogen) atoms. The van der Waals surface area contributed by atoms with Gasteiger partial charge in [-0.05, 0) is 17.7 Å². The molecule has 96 valence electrons. The first-order valence-electron chi connectivity index (χ1n) is 6.23. The molecule has 2 aliphatic rings. The Bertz CT molecular complexity index is 465. The maximum atomic E-state index is 5.52. The summed E-state index contributed by atoms with van der Waals surface area (Å²) in [5.41, 5.74) is 4.50. The fourth-order valence-corrected chi connectivity index (χ4v) is 3.47. The Balaban J connectivity index is 1.94. The highest BCUT2D eigenvalue weighted by molar-refractivity contribution is 9.10. The van der Waals surface area contributed by atoms with Crippen molar-refractivity contribution in [2.75, 3.05) is 26.2 Å². The van der Waals surface area contributed by atoms with Gasteiger partial charge in [-0.3, -0.25) is 4.90 Å². The summed E-state index contributed by atoms with van der Waals surface area (Å²) in [6.07, 6.45) is 1.97. The van der Waals surface area contributed by atoms with Crippen LogP contribution in [0.1, 0.15) is 5.56 Å². The zero-order valence-corrected chi connectivity index (χ0v) is 11.8. The molecule has 0 aliphatic carbocycles. The largest absolute Gasteiger partial charge is 0.300 e. The summed E-state index contributed by atoms with van der Waals surface area (Å²) in [6.45, 7) is 7.58. The van der Waals surface area contributed by atoms with Crippen LogP contribution in [0.15, 0.2) is 41.4 Å². The van der Waals surface area contributed by atoms with Crippen molar-refractivity contribution < 1.29 is 4.84 Å². The second-order valence-corrected chi connectivity index (χ2v) is 5.99. The van der Waals surface area contributed by atoms with Crippen molar-refractivity contribution in [3.63, 3.8) is 0 Å². The van der Waals surface area contributed by atoms with Crippen LogP contribution in [0.25, 0.3) is 0 Å². The van der Waals surface area contributed by atoms with E-state index in [1.165, 1.54) is 5.56 Å². The molecule has 0 amide bonds. The summed E-state index contributed by atoms with van der Waals surface area (Å²) in [5, 5.41) is 0. The molecule has 0 spiro atoms. The van der Waals surface area contributed by atoms with Gasteiger partial charge in [-0.2, -0.15) is 5.48 Å². The fraction of sp³-hybridized carbons (Fsp3) is 0.429. The highest BCUT2D eigenvalue weighted by Crippen LogP contribution is 2.41. The molecule has 0 radical (unpaired) electrons. The Morgan fingerprint density at radius 2 is 2.50 bits per heavy atom. The van der Waals surface area contributed by atoms with Crippen LogP contribution in [-0.4, -0.2) is 31.1 Å². The van der Waals surface area contributed by atoms with E-state index in [1.807, 2.05) is 6.08 Å². The van der Waals surface area contributed by atoms with Gasteiger partial charge in [-0.25, -0.2) is 0 Å². The van der Waals surface area contributed by atoms with Gasteiger partial charge in [0.25, 0.3) is 0 Å². The molecule has 2 aliphatic heterocycles. The summed E-state index contributed by atoms with van der Waals surface area (Å²) < 4.78 is 1.11. The minimum atomic E-state index is -0.0627. The molecular formula is C14H17BrN2O. The van der Waals surface area contributed by atoms with Crippen LogP contribution in [0.3, 0.4) is 0 Å². The number of halogens is 1. The van der Waals surface area contributed by atoms with E-state index in [0.29, 0.717) is 5.92 Å². The van der Waals surface area contributed by atoms with Crippen molar-refractivity contribution in [2.24, 2.45) is 5.92 Å². The summed E-state index contributed by atoms with van der Waals surface area (Å²) in [4.78, 5) is 7.94. The summed E-state index contributed by atoms with van der Waals surface area (Å²) in [5.74, 6) is 0.506. The quantitative estimate of drug-likeness (QED) is 0.867. The third-order valence-electron chi connectivity index (χ3n) is 3.91. The third kappa shape index (κ3) is 1.93. The smallest absolute Gasteiger partial charge is 0.0870 e. The molecule has 0 aromatic heterocycles. The van der Waals surface area contributed by atoms with Crippen LogP contribution >= 0.6 is 15.9 Å². The maximum absolute atomic E-state index is 5.52. The second-order valence-electron chi connectivity index (χ2n) is 5.07. The van der Waals surface area contributed by atoms with Crippen molar-refractivity contribution in [3.8, 4) is 0 Å². The van der Waals surface area contributed by atoms with Crippen LogP contribution in [0.2, 0.25) is 0 Å². The van der Waals surface area contributed by atoms with Gasteiger partial charge in [0.15, 0.2) is 0 Å². The molecule has 2 atom stereocenters. The van der Waals surface area contributed by atoms with E-state index < -0.39 is 0 Å². The molecule has 2 saturated heterocycles. The van der Waals surface area contributed by atoms with Crippen molar-refractivity contribution in [1.82, 2.24) is 10.4 Å². The molecule has 4 heteroatoms. The van der Waals surface area contributed by atoms with E-state index in [0.717, 1.165) is 30.7 Å². The van der Waals surface area contributed by atoms with Crippen LogP contribution < -0.4 is 5.48 Å². The predicted octanol–water partition coefficient (Wildman–Crippen LogP) is 2.30. The number of hydrogen-bond acceptors (Lipinski definition) is 3. The molecule has 2 heterocycles. The SMILES string of the molecule is C=CCN1C[C@H]2CON[C@@]2(c2cccc(Br)c2)C1. The summed E-state index contributed by atoms with van der Waals surface area (Å²) in [7, 11) is 0. The Labute approximate surface area is 116 Å². The van der Waals surface area contributed by atoms with E-state index in [1.54, 1.807) is 0 Å². The molecule has 1 N–H and O–H groups in total. The maximum Gasteiger partial charge on any atom is 0.0870 e. The number of nitrogens with one attached hydrogen (secondary N) is 1. The van der Waals surface area contributed by atoms with Crippen molar-refractivity contribution in [2.45, 2.75) is 5.54 Å². The average molecular weight is 309 g/mol. The lowest BCUT2D eigenvalue weighted by atomic mass is 9.83. The molecule has 3 nitrogen and oxygen atoms in total. The number of hydrogen-bond donors (Lipinski definition) is 1. The number of hydroxylamine groups is 1. The zero-order valence-electron chi connectivity index (χ0n) is 10.2. The predicted molar refractivity (Wildman–Crippen MR) is 75.0 cm³/mol. The lowest BCUT2D eigenvalue weighted by Gasteiger charge is -2.28. The van der Waals surface area contributed by atoms with Crippen LogP contribution in [-0.2, 0) is 10.4 Å². The van der Waals surface area contributed by atoms with E-state index in [4.69, 9.17) is 4.84 Å². The van der Waals surface area contributed by atoms with Gasteiger partial charge < -0.3 is 4.84 Å². The van der Waals surface area contributed by atoms with Crippen LogP contribution in [0.4, 0.5) is 0 Å². The van der Waals surface area contributed by atoms with Gasteiger partial charge in [0.2, 0.25) is 0 Å². The number of likely N-dealkylation sites (tertiary alicyclic amines) is 1. The first-order valence-corrected chi connectivity index (χ1v) is 7.02. The van der Waals surface area contributed by atoms with Gasteiger partial charge in [0.1, 0.15) is 0 Å². The highest BCUT2D eigenvalue weighted by atomic mass is 79.9. The number of nitrogens with zero attached hydrogens (tertiary/aromatic N) is 1. The molecule has 1 aromatic carbocycles. The zero-order chi connectivity index (χ0) is 12.6. The monoisotopic (exact) mass is 308 g/mol. The van der Waals surface area contributed by atoms with Crippen molar-refractivity contribution in [1.29, 1.82) is 0 Å². The minimum absolute atomic E-state index is 0.0627. The lowest BCUT2D eigenvalue weighted by molar-refractivity contribution is 0.0489. The van der Waals surface area contributed by atoms with Gasteiger partial charge in [-0.1, -0.05) is 34.1 Å². The highest BCUT2D eigenvalue weighted by Gasteiger charge is 2.51. The Hall–Kier alpha value is -0.680. The van der Waals surface area contributed by atoms with E-state index in [-0.39, 0.29) is 5.54 Å². The Morgan fingerprint density at radius 3 is 3.28 bits per heavy atom. The molecule has 0 unspecified atom stereocenters. The fourth-order valence-electron chi connectivity index (χ4n) is 3.07. The number of rotatable bonds is 3. The lowest BCUT2D eigenvalue weighted by Crippen LogP contribution is -2.43. The topological polar surface area (TPSA) is 24.5 Å². The normalized spacial score (nSPS) is 31.5. The van der Waals surface area contributed by atoms with Crippen molar-refractivity contribution >= 4 is 15.9 Å². The molecule has 1 aromatic rings. The first kappa shape index (κ1) is 12.4. The van der Waals surface area contributed by atoms with Crippen molar-refractivity contribution in [3.05, 3.63) is 47.0 Å². The molecule has 0 saturated carbocycles. The van der Waals surface area contributed by atoms with Crippen LogP contribution in [0, 0.1) is 5.92 Å². The molecular weight excluding hydrogens is 292 g/mol. The first-order chi connectivity index (χ1) is 8.74. The number of fused-ring (bicyclic) bond motifs is 1. The average Bonchev–Trinajstić information content (AvgIpc) is 2.86. The van der Waals surface area contributed by atoms with Gasteiger partial charge >= 0.3 is 0 Å². The van der Waals surface area contributed by atoms with Gasteiger partial charge in [-0.15, -0.1) is 6.58 Å². The van der Waals surface area contributed by atoms with E-state index >= 15 is 0 Å². The standard InChI is InChI=1S/C14H17BrN2O/c1-2-6-17-8-12-9-18-16-14(12,10-17)11-4-3-5-13(15)7-11/h2-5,7,12,16H,1,6,8-10H2/t12-,14+/m0/s1. The molecule has 0 bridgehead atoms. The Morgan fingerprint density at radius 1 is 1.61 bits per heavy atom. The molecule has 2 fully saturated rings. The van der Waals surface area contributed by atoms with Crippen LogP contribution in [0.5, 0.6) is 0 Å².